The Bertz CT molecular complexity index is 1080. The molecule has 8 heteroatoms. The van der Waals surface area contributed by atoms with E-state index in [2.05, 4.69) is 24.1 Å². The zero-order chi connectivity index (χ0) is 23.6. The lowest BCUT2D eigenvalue weighted by atomic mass is 9.60. The topological polar surface area (TPSA) is 105 Å². The van der Waals surface area contributed by atoms with Crippen molar-refractivity contribution in [2.45, 2.75) is 82.4 Å². The van der Waals surface area contributed by atoms with Gasteiger partial charge in [-0.1, -0.05) is 19.9 Å². The molecule has 0 bridgehead atoms. The van der Waals surface area contributed by atoms with Gasteiger partial charge in [0, 0.05) is 12.6 Å². The van der Waals surface area contributed by atoms with Crippen molar-refractivity contribution in [1.29, 1.82) is 0 Å². The summed E-state index contributed by atoms with van der Waals surface area (Å²) in [5.41, 5.74) is -1.58. The Balaban J connectivity index is 1.53. The molecule has 4 heterocycles. The number of anilines is 1. The largest absolute Gasteiger partial charge is 0.762 e. The van der Waals surface area contributed by atoms with Gasteiger partial charge in [-0.25, -0.2) is 0 Å². The normalized spacial score (nSPS) is 38.0. The number of ketones is 1. The Hall–Kier alpha value is -2.00. The zero-order valence-electron chi connectivity index (χ0n) is 19.7. The van der Waals surface area contributed by atoms with E-state index in [1.54, 1.807) is 6.07 Å². The third-order valence-electron chi connectivity index (χ3n) is 9.56. The molecule has 178 valence electrons. The molecule has 1 aromatic carbocycles. The minimum absolute atomic E-state index is 0.0494. The molecule has 8 nitrogen and oxygen atoms in total. The van der Waals surface area contributed by atoms with Crippen LogP contribution in [0.3, 0.4) is 0 Å². The minimum atomic E-state index is -1.07. The summed E-state index contributed by atoms with van der Waals surface area (Å²) in [5, 5.41) is 26.5. The molecular weight excluding hydrogens is 422 g/mol. The number of hydrogen-bond donors (Lipinski definition) is 2. The number of nitrogens with zero attached hydrogens (tertiary/aromatic N) is 2. The highest BCUT2D eigenvalue weighted by molar-refractivity contribution is 6.15. The molecule has 1 aromatic rings. The van der Waals surface area contributed by atoms with Gasteiger partial charge in [0.15, 0.2) is 5.78 Å². The number of carbonyl (C=O) groups is 2. The lowest BCUT2D eigenvalue weighted by Gasteiger charge is -2.55. The van der Waals surface area contributed by atoms with Crippen LogP contribution in [-0.4, -0.2) is 57.3 Å². The van der Waals surface area contributed by atoms with Crippen LogP contribution in [0, 0.1) is 16.5 Å². The van der Waals surface area contributed by atoms with Gasteiger partial charge in [0.1, 0.15) is 11.4 Å². The Kier molecular flexibility index (Phi) is 4.15. The summed E-state index contributed by atoms with van der Waals surface area (Å²) in [4.78, 5) is 29.3. The van der Waals surface area contributed by atoms with Gasteiger partial charge in [-0.2, -0.15) is 0 Å². The quantitative estimate of drug-likeness (QED) is 0.626. The molecule has 5 aliphatic rings. The summed E-state index contributed by atoms with van der Waals surface area (Å²) in [7, 11) is 0. The maximum Gasteiger partial charge on any atom is 0.235 e. The number of Topliss-reactive ketones (excluding diaryl/α,β-unsaturated/α-hetero) is 1. The molecule has 33 heavy (non-hydrogen) atoms. The summed E-state index contributed by atoms with van der Waals surface area (Å²) in [6, 6.07) is 4.06. The molecule has 1 spiro atoms. The number of fused-ring (bicyclic) bond motifs is 6. The summed E-state index contributed by atoms with van der Waals surface area (Å²) in [5.74, 6) is 0.0879. The molecule has 6 rings (SSSR count). The van der Waals surface area contributed by atoms with Crippen LogP contribution in [0.2, 0.25) is 0 Å². The van der Waals surface area contributed by atoms with E-state index in [0.717, 1.165) is 31.4 Å². The van der Waals surface area contributed by atoms with E-state index in [-0.39, 0.29) is 35.7 Å². The summed E-state index contributed by atoms with van der Waals surface area (Å²) in [6.07, 6.45) is 3.41. The lowest BCUT2D eigenvalue weighted by molar-refractivity contribution is -0.178. The second-order valence-electron chi connectivity index (χ2n) is 12.0. The van der Waals surface area contributed by atoms with Gasteiger partial charge in [0.05, 0.1) is 28.6 Å². The van der Waals surface area contributed by atoms with E-state index in [0.29, 0.717) is 29.6 Å². The van der Waals surface area contributed by atoms with Crippen molar-refractivity contribution in [3.63, 3.8) is 0 Å². The first kappa shape index (κ1) is 21.5. The smallest absolute Gasteiger partial charge is 0.235 e. The van der Waals surface area contributed by atoms with Crippen molar-refractivity contribution >= 4 is 17.4 Å². The summed E-state index contributed by atoms with van der Waals surface area (Å²) < 4.78 is 6.08. The van der Waals surface area contributed by atoms with Gasteiger partial charge < -0.3 is 20.5 Å². The molecule has 1 saturated carbocycles. The molecule has 0 aromatic heterocycles. The monoisotopic (exact) mass is 454 g/mol. The Labute approximate surface area is 193 Å². The first-order valence-electron chi connectivity index (χ1n) is 12.0. The molecule has 1 amide bonds. The maximum atomic E-state index is 13.9. The number of hydroxylamine groups is 2. The third-order valence-corrected chi connectivity index (χ3v) is 9.56. The number of benzene rings is 1. The van der Waals surface area contributed by atoms with E-state index < -0.39 is 22.0 Å². The Morgan fingerprint density at radius 3 is 2.73 bits per heavy atom. The van der Waals surface area contributed by atoms with Gasteiger partial charge in [0.25, 0.3) is 0 Å². The zero-order valence-corrected chi connectivity index (χ0v) is 19.7. The molecule has 4 aliphatic heterocycles. The second-order valence-corrected chi connectivity index (χ2v) is 12.0. The van der Waals surface area contributed by atoms with E-state index in [1.807, 2.05) is 19.9 Å². The predicted octanol–water partition coefficient (Wildman–Crippen LogP) is 3.46. The van der Waals surface area contributed by atoms with Gasteiger partial charge in [-0.3, -0.25) is 19.7 Å². The highest BCUT2D eigenvalue weighted by atomic mass is 16.8. The van der Waals surface area contributed by atoms with Crippen LogP contribution in [0.1, 0.15) is 75.7 Å². The van der Waals surface area contributed by atoms with Crippen molar-refractivity contribution in [3.05, 3.63) is 28.5 Å². The molecule has 4 unspecified atom stereocenters. The number of hydrogen-bond acceptors (Lipinski definition) is 7. The molecule has 0 radical (unpaired) electrons. The van der Waals surface area contributed by atoms with Crippen LogP contribution in [0.25, 0.3) is 0 Å². The minimum Gasteiger partial charge on any atom is -0.762 e. The predicted molar refractivity (Wildman–Crippen MR) is 121 cm³/mol. The average Bonchev–Trinajstić information content (AvgIpc) is 3.33. The first-order valence-corrected chi connectivity index (χ1v) is 12.0. The second kappa shape index (κ2) is 6.36. The average molecular weight is 455 g/mol. The fraction of sp³-hybridized carbons (Fsp3) is 0.680. The molecule has 2 N–H and O–H groups in total. The van der Waals surface area contributed by atoms with Crippen LogP contribution in [0.5, 0.6) is 5.75 Å². The van der Waals surface area contributed by atoms with Crippen molar-refractivity contribution in [1.82, 2.24) is 10.1 Å². The molecule has 4 atom stereocenters. The SMILES string of the molecule is CC1(C)CC(=O)c2c(ccc3c2NC(=O)C32CC3(N([O-])O)CN4CCCC4CC3C2(C)C)O1. The Morgan fingerprint density at radius 2 is 2.00 bits per heavy atom. The van der Waals surface area contributed by atoms with Crippen molar-refractivity contribution < 1.29 is 19.5 Å². The fourth-order valence-corrected chi connectivity index (χ4v) is 8.11. The van der Waals surface area contributed by atoms with Crippen LogP contribution < -0.4 is 10.1 Å². The highest BCUT2D eigenvalue weighted by Gasteiger charge is 2.73. The van der Waals surface area contributed by atoms with Crippen LogP contribution in [0.15, 0.2) is 12.1 Å². The summed E-state index contributed by atoms with van der Waals surface area (Å²) >= 11 is 0. The van der Waals surface area contributed by atoms with Crippen LogP contribution in [-0.2, 0) is 10.2 Å². The number of ether oxygens (including phenoxy) is 1. The lowest BCUT2D eigenvalue weighted by Crippen LogP contribution is -2.61. The maximum absolute atomic E-state index is 13.9. The fourth-order valence-electron chi connectivity index (χ4n) is 8.11. The van der Waals surface area contributed by atoms with Gasteiger partial charge in [-0.15, -0.1) is 0 Å². The van der Waals surface area contributed by atoms with Gasteiger partial charge >= 0.3 is 0 Å². The highest BCUT2D eigenvalue weighted by Crippen LogP contribution is 2.69. The number of rotatable bonds is 1. The van der Waals surface area contributed by atoms with Gasteiger partial charge in [0.2, 0.25) is 5.91 Å². The van der Waals surface area contributed by atoms with E-state index in [9.17, 15) is 20.0 Å². The standard InChI is InChI=1S/C25H32N3O5/c1-22(2)11-16(29)19-17(33-22)8-7-15-20(19)26-21(30)25(15)12-24(28(31)32)13-27-9-5-6-14(27)10-18(24)23(25,3)4/h7-8,14,18,31H,5-6,9-13H2,1-4H3,(H,26,30)/q-1. The van der Waals surface area contributed by atoms with Crippen molar-refractivity contribution in [2.75, 3.05) is 18.4 Å². The van der Waals surface area contributed by atoms with E-state index in [4.69, 9.17) is 4.74 Å². The van der Waals surface area contributed by atoms with Crippen molar-refractivity contribution in [3.8, 4) is 5.75 Å². The first-order chi connectivity index (χ1) is 15.4. The molecule has 2 saturated heterocycles. The number of amides is 1. The van der Waals surface area contributed by atoms with E-state index in [1.165, 1.54) is 0 Å². The summed E-state index contributed by atoms with van der Waals surface area (Å²) in [6.45, 7) is 9.25. The van der Waals surface area contributed by atoms with Crippen molar-refractivity contribution in [2.24, 2.45) is 11.3 Å². The Morgan fingerprint density at radius 1 is 1.24 bits per heavy atom. The molecule has 1 aliphatic carbocycles. The number of piperidine rings is 1. The van der Waals surface area contributed by atoms with Crippen LogP contribution in [0.4, 0.5) is 5.69 Å². The molecule has 3 fully saturated rings. The van der Waals surface area contributed by atoms with Gasteiger partial charge in [-0.05, 0) is 69.0 Å². The third kappa shape index (κ3) is 2.50. The number of nitrogens with one attached hydrogen (secondary N) is 1. The van der Waals surface area contributed by atoms with E-state index >= 15 is 0 Å². The number of carbonyl (C=O) groups excluding carboxylic acids is 2. The van der Waals surface area contributed by atoms with Crippen LogP contribution >= 0.6 is 0 Å². The molecular formula is C25H32N3O5-.